The largest absolute Gasteiger partial charge is 0.461 e. The molecule has 0 amide bonds. The van der Waals surface area contributed by atoms with Gasteiger partial charge in [0, 0.05) is 6.54 Å². The van der Waals surface area contributed by atoms with E-state index in [-0.39, 0.29) is 19.6 Å². The van der Waals surface area contributed by atoms with Crippen LogP contribution in [0, 0.1) is 6.92 Å². The predicted molar refractivity (Wildman–Crippen MR) is 92.2 cm³/mol. The zero-order valence-corrected chi connectivity index (χ0v) is 15.2. The van der Waals surface area contributed by atoms with Crippen molar-refractivity contribution in [3.8, 4) is 0 Å². The zero-order chi connectivity index (χ0) is 20.1. The average molecular weight is 401 g/mol. The molecule has 0 bridgehead atoms. The molecule has 2 aromatic carbocycles. The topological polar surface area (TPSA) is 72.5 Å². The molecule has 0 aromatic heterocycles. The summed E-state index contributed by atoms with van der Waals surface area (Å²) in [6, 6.07) is 10.7. The summed E-state index contributed by atoms with van der Waals surface area (Å²) in [5.74, 6) is -0.623. The Bertz CT molecular complexity index is 894. The quantitative estimate of drug-likeness (QED) is 0.722. The molecule has 2 rings (SSSR count). The number of alkyl halides is 3. The summed E-state index contributed by atoms with van der Waals surface area (Å²) in [7, 11) is -4.17. The molecule has 9 heteroatoms. The van der Waals surface area contributed by atoms with Gasteiger partial charge in [0.2, 0.25) is 10.0 Å². The van der Waals surface area contributed by atoms with Gasteiger partial charge in [0.25, 0.3) is 0 Å². The lowest BCUT2D eigenvalue weighted by molar-refractivity contribution is -0.144. The fraction of sp³-hybridized carbons (Fsp3) is 0.278. The van der Waals surface area contributed by atoms with Gasteiger partial charge in [-0.15, -0.1) is 0 Å². The normalized spacial score (nSPS) is 12.0. The number of nitrogens with one attached hydrogen (secondary N) is 1. The highest BCUT2D eigenvalue weighted by Gasteiger charge is 2.31. The van der Waals surface area contributed by atoms with Crippen molar-refractivity contribution in [2.45, 2.75) is 31.0 Å². The van der Waals surface area contributed by atoms with Crippen LogP contribution in [-0.4, -0.2) is 20.9 Å². The number of ether oxygens (including phenoxy) is 1. The molecular weight excluding hydrogens is 383 g/mol. The molecule has 0 saturated heterocycles. The molecule has 0 spiro atoms. The van der Waals surface area contributed by atoms with E-state index in [9.17, 15) is 26.4 Å². The van der Waals surface area contributed by atoms with E-state index in [0.29, 0.717) is 6.07 Å². The molecule has 0 fully saturated rings. The van der Waals surface area contributed by atoms with Gasteiger partial charge < -0.3 is 4.74 Å². The molecule has 0 aliphatic carbocycles. The molecule has 146 valence electrons. The number of sulfonamides is 1. The molecule has 27 heavy (non-hydrogen) atoms. The number of benzene rings is 2. The summed E-state index contributed by atoms with van der Waals surface area (Å²) in [4.78, 5) is 11.2. The average Bonchev–Trinajstić information content (AvgIpc) is 2.60. The Labute approximate surface area is 155 Å². The third-order valence-electron chi connectivity index (χ3n) is 3.61. The van der Waals surface area contributed by atoms with E-state index >= 15 is 0 Å². The van der Waals surface area contributed by atoms with Gasteiger partial charge in [-0.2, -0.15) is 13.2 Å². The van der Waals surface area contributed by atoms with E-state index in [1.807, 2.05) is 19.1 Å². The minimum atomic E-state index is -4.65. The highest BCUT2D eigenvalue weighted by atomic mass is 32.2. The lowest BCUT2D eigenvalue weighted by atomic mass is 10.2. The molecular formula is C18H18F3NO4S. The van der Waals surface area contributed by atoms with Crippen LogP contribution in [0.2, 0.25) is 0 Å². The number of halogens is 3. The number of hydrogen-bond acceptors (Lipinski definition) is 4. The van der Waals surface area contributed by atoms with Crippen molar-refractivity contribution in [1.82, 2.24) is 4.72 Å². The first-order valence-corrected chi connectivity index (χ1v) is 9.44. The molecule has 0 radical (unpaired) electrons. The fourth-order valence-corrected chi connectivity index (χ4v) is 3.21. The smallest absolute Gasteiger partial charge is 0.416 e. The van der Waals surface area contributed by atoms with E-state index in [2.05, 4.69) is 4.72 Å². The number of carbonyl (C=O) groups is 1. The number of aryl methyl sites for hydroxylation is 1. The Hall–Kier alpha value is -2.39. The third-order valence-corrected chi connectivity index (χ3v) is 5.07. The zero-order valence-electron chi connectivity index (χ0n) is 14.4. The van der Waals surface area contributed by atoms with Gasteiger partial charge in [-0.05, 0) is 30.7 Å². The summed E-state index contributed by atoms with van der Waals surface area (Å²) in [5.41, 5.74) is 0.787. The van der Waals surface area contributed by atoms with Gasteiger partial charge in [0.15, 0.2) is 0 Å². The van der Waals surface area contributed by atoms with Crippen molar-refractivity contribution in [3.63, 3.8) is 0 Å². The van der Waals surface area contributed by atoms with Crippen molar-refractivity contribution in [2.24, 2.45) is 0 Å². The lowest BCUT2D eigenvalue weighted by Gasteiger charge is -2.10. The highest BCUT2D eigenvalue weighted by molar-refractivity contribution is 7.89. The molecule has 0 aliphatic rings. The summed E-state index contributed by atoms with van der Waals surface area (Å²) in [6.07, 6.45) is -4.89. The van der Waals surface area contributed by atoms with Crippen LogP contribution in [0.3, 0.4) is 0 Å². The first kappa shape index (κ1) is 20.9. The molecule has 0 heterocycles. The van der Waals surface area contributed by atoms with Crippen LogP contribution in [0.1, 0.15) is 23.1 Å². The first-order chi connectivity index (χ1) is 12.6. The first-order valence-electron chi connectivity index (χ1n) is 7.96. The van der Waals surface area contributed by atoms with Crippen LogP contribution < -0.4 is 4.72 Å². The number of hydrogen-bond donors (Lipinski definition) is 1. The lowest BCUT2D eigenvalue weighted by Crippen LogP contribution is -2.27. The van der Waals surface area contributed by atoms with Gasteiger partial charge in [-0.3, -0.25) is 4.79 Å². The SMILES string of the molecule is Cc1ccc(COC(=O)CCNS(=O)(=O)c2cccc(C(F)(F)F)c2)cc1. The Balaban J connectivity index is 1.86. The number of rotatable bonds is 7. The maximum Gasteiger partial charge on any atom is 0.416 e. The molecule has 0 atom stereocenters. The molecule has 1 N–H and O–H groups in total. The summed E-state index contributed by atoms with van der Waals surface area (Å²) in [5, 5.41) is 0. The van der Waals surface area contributed by atoms with Crippen molar-refractivity contribution in [2.75, 3.05) is 6.54 Å². The second kappa shape index (κ2) is 8.53. The minimum absolute atomic E-state index is 0.0551. The highest BCUT2D eigenvalue weighted by Crippen LogP contribution is 2.30. The van der Waals surface area contributed by atoms with Crippen molar-refractivity contribution >= 4 is 16.0 Å². The molecule has 5 nitrogen and oxygen atoms in total. The van der Waals surface area contributed by atoms with Gasteiger partial charge in [-0.25, -0.2) is 13.1 Å². The van der Waals surface area contributed by atoms with Crippen molar-refractivity contribution in [1.29, 1.82) is 0 Å². The maximum atomic E-state index is 12.7. The van der Waals surface area contributed by atoms with Crippen LogP contribution in [0.5, 0.6) is 0 Å². The van der Waals surface area contributed by atoms with Crippen molar-refractivity contribution in [3.05, 3.63) is 65.2 Å². The molecule has 0 saturated carbocycles. The number of esters is 1. The minimum Gasteiger partial charge on any atom is -0.461 e. The second-order valence-corrected chi connectivity index (χ2v) is 7.59. The van der Waals surface area contributed by atoms with Crippen LogP contribution in [-0.2, 0) is 32.3 Å². The summed E-state index contributed by atoms with van der Waals surface area (Å²) >= 11 is 0. The van der Waals surface area contributed by atoms with E-state index < -0.39 is 32.6 Å². The van der Waals surface area contributed by atoms with E-state index in [4.69, 9.17) is 4.74 Å². The Morgan fingerprint density at radius 3 is 2.41 bits per heavy atom. The fourth-order valence-electron chi connectivity index (χ4n) is 2.13. The van der Waals surface area contributed by atoms with Crippen LogP contribution in [0.15, 0.2) is 53.4 Å². The Morgan fingerprint density at radius 1 is 1.11 bits per heavy atom. The Morgan fingerprint density at radius 2 is 1.78 bits per heavy atom. The van der Waals surface area contributed by atoms with Gasteiger partial charge in [0.1, 0.15) is 6.61 Å². The number of carbonyl (C=O) groups excluding carboxylic acids is 1. The van der Waals surface area contributed by atoms with Gasteiger partial charge >= 0.3 is 12.1 Å². The Kier molecular flexibility index (Phi) is 6.61. The van der Waals surface area contributed by atoms with Crippen LogP contribution >= 0.6 is 0 Å². The maximum absolute atomic E-state index is 12.7. The standard InChI is InChI=1S/C18H18F3NO4S/c1-13-5-7-14(8-6-13)12-26-17(23)9-10-22-27(24,25)16-4-2-3-15(11-16)18(19,20)21/h2-8,11,22H,9-10,12H2,1H3. The van der Waals surface area contributed by atoms with Crippen LogP contribution in [0.4, 0.5) is 13.2 Å². The monoisotopic (exact) mass is 401 g/mol. The second-order valence-electron chi connectivity index (χ2n) is 5.82. The third kappa shape index (κ3) is 6.37. The van der Waals surface area contributed by atoms with Gasteiger partial charge in [-0.1, -0.05) is 35.9 Å². The summed E-state index contributed by atoms with van der Waals surface area (Å²) in [6.45, 7) is 1.69. The van der Waals surface area contributed by atoms with E-state index in [1.54, 1.807) is 12.1 Å². The van der Waals surface area contributed by atoms with Crippen LogP contribution in [0.25, 0.3) is 0 Å². The molecule has 2 aromatic rings. The molecule has 0 aliphatic heterocycles. The van der Waals surface area contributed by atoms with E-state index in [1.165, 1.54) is 0 Å². The van der Waals surface area contributed by atoms with Crippen molar-refractivity contribution < 1.29 is 31.1 Å². The van der Waals surface area contributed by atoms with E-state index in [0.717, 1.165) is 29.3 Å². The summed E-state index contributed by atoms with van der Waals surface area (Å²) < 4.78 is 69.3. The van der Waals surface area contributed by atoms with Gasteiger partial charge in [0.05, 0.1) is 16.9 Å². The molecule has 0 unspecified atom stereocenters. The predicted octanol–water partition coefficient (Wildman–Crippen LogP) is 3.43.